The zero-order valence-corrected chi connectivity index (χ0v) is 20.5. The molecule has 0 saturated carbocycles. The number of hydrogen-bond acceptors (Lipinski definition) is 10. The summed E-state index contributed by atoms with van der Waals surface area (Å²) in [6, 6.07) is 8.65. The second kappa shape index (κ2) is 9.52. The number of rotatable bonds is 5. The highest BCUT2D eigenvalue weighted by Crippen LogP contribution is 2.42. The van der Waals surface area contributed by atoms with Gasteiger partial charge in [-0.3, -0.25) is 9.36 Å². The fraction of sp³-hybridized carbons (Fsp3) is 0.370. The van der Waals surface area contributed by atoms with Gasteiger partial charge in [-0.25, -0.2) is 9.78 Å². The molecule has 1 aromatic carbocycles. The van der Waals surface area contributed by atoms with E-state index < -0.39 is 61.4 Å². The topological polar surface area (TPSA) is 181 Å². The zero-order valence-electron chi connectivity index (χ0n) is 20.5. The third-order valence-electron chi connectivity index (χ3n) is 7.70. The number of allylic oxidation sites excluding steroid dienone is 1. The molecule has 5 N–H and O–H groups in total. The fourth-order valence-corrected chi connectivity index (χ4v) is 5.74. The van der Waals surface area contributed by atoms with Crippen molar-refractivity contribution in [1.29, 1.82) is 0 Å². The number of aromatic nitrogens is 2. The first-order chi connectivity index (χ1) is 18.7. The molecule has 0 spiro atoms. The number of ether oxygens (including phenoxy) is 3. The molecule has 0 aliphatic carbocycles. The summed E-state index contributed by atoms with van der Waals surface area (Å²) in [5.74, 6) is -2.86. The standard InChI is InChI=1S/C27H26N2O10/c1-2-11-13-7-16-20-14(8-17(28-16)25(35)36)12-5-3-4-6-18(12)29(20)24(34)15(13)10-37-26(11)39-27-23(33)22(32)21(31)19(9-30)38-27/h2-6,8,10-11,13,19,21-23,26-27,30-33H,1,7,9H2,(H,35,36)/t11-,13+,19+,21+,22+,23+,26+,27-/m1/s1. The molecule has 3 aliphatic rings. The first-order valence-corrected chi connectivity index (χ1v) is 12.4. The summed E-state index contributed by atoms with van der Waals surface area (Å²) in [4.78, 5) is 30.3. The van der Waals surface area contributed by atoms with E-state index in [1.165, 1.54) is 23.0 Å². The highest BCUT2D eigenvalue weighted by Gasteiger charge is 2.48. The number of aromatic carboxylic acids is 1. The van der Waals surface area contributed by atoms with Gasteiger partial charge in [0.15, 0.2) is 6.29 Å². The predicted molar refractivity (Wildman–Crippen MR) is 134 cm³/mol. The number of nitrogens with zero attached hydrogens (tertiary/aromatic N) is 2. The van der Waals surface area contributed by atoms with Gasteiger partial charge in [-0.15, -0.1) is 6.58 Å². The quantitative estimate of drug-likeness (QED) is 0.286. The monoisotopic (exact) mass is 538 g/mol. The van der Waals surface area contributed by atoms with E-state index in [1.807, 2.05) is 12.1 Å². The van der Waals surface area contributed by atoms with E-state index in [2.05, 4.69) is 11.6 Å². The molecule has 204 valence electrons. The van der Waals surface area contributed by atoms with E-state index in [4.69, 9.17) is 14.2 Å². The third kappa shape index (κ3) is 3.87. The number of carboxylic acids is 1. The van der Waals surface area contributed by atoms with E-state index in [9.17, 15) is 35.1 Å². The molecule has 39 heavy (non-hydrogen) atoms. The number of carbonyl (C=O) groups is 2. The van der Waals surface area contributed by atoms with E-state index in [1.54, 1.807) is 12.1 Å². The number of carbonyl (C=O) groups excluding carboxylic acids is 1. The molecule has 3 aliphatic heterocycles. The molecular weight excluding hydrogens is 512 g/mol. The Hall–Kier alpha value is -3.65. The van der Waals surface area contributed by atoms with Crippen molar-refractivity contribution < 1.29 is 49.3 Å². The summed E-state index contributed by atoms with van der Waals surface area (Å²) < 4.78 is 18.7. The number of aliphatic hydroxyl groups excluding tert-OH is 4. The largest absolute Gasteiger partial charge is 0.477 e. The van der Waals surface area contributed by atoms with Crippen LogP contribution in [0, 0.1) is 11.8 Å². The predicted octanol–water partition coefficient (Wildman–Crippen LogP) is 0.559. The minimum Gasteiger partial charge on any atom is -0.477 e. The van der Waals surface area contributed by atoms with Gasteiger partial charge < -0.3 is 39.7 Å². The van der Waals surface area contributed by atoms with Crippen LogP contribution in [0.3, 0.4) is 0 Å². The summed E-state index contributed by atoms with van der Waals surface area (Å²) >= 11 is 0. The molecule has 12 heteroatoms. The van der Waals surface area contributed by atoms with E-state index in [0.717, 1.165) is 0 Å². The Morgan fingerprint density at radius 3 is 2.64 bits per heavy atom. The van der Waals surface area contributed by atoms with Gasteiger partial charge >= 0.3 is 5.97 Å². The van der Waals surface area contributed by atoms with Crippen molar-refractivity contribution in [3.05, 3.63) is 66.2 Å². The smallest absolute Gasteiger partial charge is 0.354 e. The van der Waals surface area contributed by atoms with Crippen molar-refractivity contribution >= 4 is 33.7 Å². The lowest BCUT2D eigenvalue weighted by molar-refractivity contribution is -0.339. The minimum atomic E-state index is -1.65. The van der Waals surface area contributed by atoms with Gasteiger partial charge in [0, 0.05) is 22.6 Å². The van der Waals surface area contributed by atoms with Crippen molar-refractivity contribution in [2.75, 3.05) is 6.61 Å². The molecular formula is C27H26N2O10. The van der Waals surface area contributed by atoms with Crippen LogP contribution in [0.4, 0.5) is 0 Å². The number of pyridine rings is 1. The molecule has 5 heterocycles. The zero-order chi connectivity index (χ0) is 27.6. The van der Waals surface area contributed by atoms with Gasteiger partial charge in [0.25, 0.3) is 5.91 Å². The molecule has 0 unspecified atom stereocenters. The second-order valence-corrected chi connectivity index (χ2v) is 9.85. The summed E-state index contributed by atoms with van der Waals surface area (Å²) in [6.45, 7) is 3.25. The molecule has 8 atom stereocenters. The maximum atomic E-state index is 14.0. The lowest BCUT2D eigenvalue weighted by atomic mass is 9.80. The average Bonchev–Trinajstić information content (AvgIpc) is 3.21. The number of hydrogen-bond donors (Lipinski definition) is 5. The molecule has 1 saturated heterocycles. The number of benzene rings is 1. The molecule has 12 nitrogen and oxygen atoms in total. The molecule has 0 bridgehead atoms. The summed E-state index contributed by atoms with van der Waals surface area (Å²) in [6.07, 6.45) is -5.70. The van der Waals surface area contributed by atoms with E-state index in [0.29, 0.717) is 33.1 Å². The Morgan fingerprint density at radius 1 is 1.15 bits per heavy atom. The van der Waals surface area contributed by atoms with Crippen LogP contribution in [0.2, 0.25) is 0 Å². The molecule has 6 rings (SSSR count). The first kappa shape index (κ1) is 25.6. The third-order valence-corrected chi connectivity index (χ3v) is 7.70. The summed E-state index contributed by atoms with van der Waals surface area (Å²) in [7, 11) is 0. The molecule has 1 fully saturated rings. The highest BCUT2D eigenvalue weighted by atomic mass is 16.8. The number of carboxylic acid groups (broad SMARTS) is 1. The van der Waals surface area contributed by atoms with Crippen LogP contribution in [0.25, 0.3) is 21.8 Å². The lowest BCUT2D eigenvalue weighted by Gasteiger charge is -2.43. The summed E-state index contributed by atoms with van der Waals surface area (Å²) in [5, 5.41) is 51.2. The first-order valence-electron chi connectivity index (χ1n) is 12.4. The van der Waals surface area contributed by atoms with Crippen LogP contribution in [-0.2, 0) is 20.6 Å². The van der Waals surface area contributed by atoms with Crippen LogP contribution >= 0.6 is 0 Å². The maximum Gasteiger partial charge on any atom is 0.354 e. The second-order valence-electron chi connectivity index (χ2n) is 9.85. The van der Waals surface area contributed by atoms with Gasteiger partial charge in [0.1, 0.15) is 30.1 Å². The van der Waals surface area contributed by atoms with Crippen molar-refractivity contribution in [1.82, 2.24) is 9.55 Å². The number of aliphatic hydroxyl groups is 4. The summed E-state index contributed by atoms with van der Waals surface area (Å²) in [5.41, 5.74) is 1.65. The van der Waals surface area contributed by atoms with Crippen molar-refractivity contribution in [3.8, 4) is 0 Å². The van der Waals surface area contributed by atoms with Crippen molar-refractivity contribution in [3.63, 3.8) is 0 Å². The Labute approximate surface area is 221 Å². The average molecular weight is 539 g/mol. The SMILES string of the molecule is C=C[C@H]1[C@H](O[C@H]2O[C@@H](CO)[C@H](O)[C@H](O)[C@@H]2O)OC=C2C(=O)n3c4ccccc4c4cc(C(=O)O)nc(c43)C[C@H]21. The molecule has 2 aromatic heterocycles. The van der Waals surface area contributed by atoms with Gasteiger partial charge in [0.2, 0.25) is 6.29 Å². The number of para-hydroxylation sites is 1. The van der Waals surface area contributed by atoms with Crippen LogP contribution in [-0.4, -0.2) is 90.6 Å². The van der Waals surface area contributed by atoms with Crippen LogP contribution in [0.1, 0.15) is 21.0 Å². The minimum absolute atomic E-state index is 0.153. The van der Waals surface area contributed by atoms with Crippen molar-refractivity contribution in [2.45, 2.75) is 43.4 Å². The fourth-order valence-electron chi connectivity index (χ4n) is 5.74. The molecule has 3 aromatic rings. The van der Waals surface area contributed by atoms with Gasteiger partial charge in [-0.05, 0) is 18.6 Å². The Balaban J connectivity index is 1.42. The van der Waals surface area contributed by atoms with Gasteiger partial charge in [0.05, 0.1) is 35.2 Å². The van der Waals surface area contributed by atoms with Gasteiger partial charge in [-0.2, -0.15) is 0 Å². The Kier molecular flexibility index (Phi) is 6.25. The van der Waals surface area contributed by atoms with Crippen LogP contribution in [0.5, 0.6) is 0 Å². The normalized spacial score (nSPS) is 32.3. The van der Waals surface area contributed by atoms with Gasteiger partial charge in [-0.1, -0.05) is 24.3 Å². The lowest BCUT2D eigenvalue weighted by Crippen LogP contribution is -2.60. The molecule has 0 radical (unpaired) electrons. The van der Waals surface area contributed by atoms with Crippen molar-refractivity contribution in [2.24, 2.45) is 11.8 Å². The maximum absolute atomic E-state index is 14.0. The highest BCUT2D eigenvalue weighted by molar-refractivity contribution is 6.18. The van der Waals surface area contributed by atoms with E-state index in [-0.39, 0.29) is 18.0 Å². The molecule has 0 amide bonds. The van der Waals surface area contributed by atoms with E-state index >= 15 is 0 Å². The van der Waals surface area contributed by atoms with Crippen LogP contribution in [0.15, 0.2) is 54.8 Å². The Bertz CT molecular complexity index is 1530. The Morgan fingerprint density at radius 2 is 1.92 bits per heavy atom. The number of fused-ring (bicyclic) bond motifs is 4. The van der Waals surface area contributed by atoms with Crippen LogP contribution < -0.4 is 0 Å².